The summed E-state index contributed by atoms with van der Waals surface area (Å²) in [6, 6.07) is 7.94. The first-order valence-electron chi connectivity index (χ1n) is 9.50. The van der Waals surface area contributed by atoms with Gasteiger partial charge in [0.05, 0.1) is 38.4 Å². The number of carbonyl (C=O) groups is 3. The summed E-state index contributed by atoms with van der Waals surface area (Å²) in [5.41, 5.74) is 0.918. The zero-order chi connectivity index (χ0) is 24.1. The number of imide groups is 1. The molecule has 1 N–H and O–H groups in total. The lowest BCUT2D eigenvalue weighted by molar-refractivity contribution is -0.127. The first-order chi connectivity index (χ1) is 15.8. The Morgan fingerprint density at radius 3 is 2.21 bits per heavy atom. The van der Waals surface area contributed by atoms with Gasteiger partial charge in [-0.25, -0.2) is 0 Å². The third-order valence-electron chi connectivity index (χ3n) is 4.63. The van der Waals surface area contributed by atoms with E-state index in [1.54, 1.807) is 24.3 Å². The fourth-order valence-corrected chi connectivity index (χ4v) is 4.12. The number of methoxy groups -OCH3 is 4. The predicted octanol–water partition coefficient (Wildman–Crippen LogP) is 4.05. The second kappa shape index (κ2) is 10.5. The van der Waals surface area contributed by atoms with E-state index >= 15 is 0 Å². The number of ether oxygens (including phenoxy) is 4. The van der Waals surface area contributed by atoms with E-state index in [9.17, 15) is 14.4 Å². The normalized spacial score (nSPS) is 14.5. The third kappa shape index (κ3) is 5.35. The van der Waals surface area contributed by atoms with Crippen molar-refractivity contribution in [3.8, 4) is 23.0 Å². The van der Waals surface area contributed by atoms with Crippen molar-refractivity contribution in [3.63, 3.8) is 0 Å². The van der Waals surface area contributed by atoms with Crippen LogP contribution in [0.5, 0.6) is 23.0 Å². The van der Waals surface area contributed by atoms with Gasteiger partial charge in [-0.2, -0.15) is 0 Å². The van der Waals surface area contributed by atoms with Gasteiger partial charge in [-0.05, 0) is 42.1 Å². The van der Waals surface area contributed by atoms with Crippen LogP contribution in [0, 0.1) is 0 Å². The van der Waals surface area contributed by atoms with Crippen molar-refractivity contribution in [2.75, 3.05) is 40.3 Å². The molecule has 2 aromatic carbocycles. The summed E-state index contributed by atoms with van der Waals surface area (Å²) in [5.74, 6) is 0.620. The number of carbonyl (C=O) groups excluding carboxylic acids is 3. The van der Waals surface area contributed by atoms with Crippen LogP contribution in [0.25, 0.3) is 6.08 Å². The van der Waals surface area contributed by atoms with Crippen LogP contribution < -0.4 is 24.3 Å². The zero-order valence-electron chi connectivity index (χ0n) is 18.3. The summed E-state index contributed by atoms with van der Waals surface area (Å²) in [6.45, 7) is -0.450. The standard InChI is InChI=1S/C22H21ClN2O7S/c1-29-15-6-5-13(9-14(15)23)24-20(26)11-25-21(27)19(33-22(25)28)8-12-7-17(31-3)18(32-4)10-16(12)30-2/h5-10H,11H2,1-4H3,(H,24,26)/b19-8+. The molecule has 3 amide bonds. The summed E-state index contributed by atoms with van der Waals surface area (Å²) >= 11 is 6.79. The summed E-state index contributed by atoms with van der Waals surface area (Å²) in [4.78, 5) is 38.7. The van der Waals surface area contributed by atoms with E-state index in [1.165, 1.54) is 40.6 Å². The van der Waals surface area contributed by atoms with E-state index in [1.807, 2.05) is 0 Å². The summed E-state index contributed by atoms with van der Waals surface area (Å²) in [5, 5.41) is 2.36. The number of benzene rings is 2. The van der Waals surface area contributed by atoms with E-state index in [4.69, 9.17) is 30.5 Å². The number of nitrogens with zero attached hydrogens (tertiary/aromatic N) is 1. The number of hydrogen-bond acceptors (Lipinski definition) is 8. The molecule has 0 spiro atoms. The molecule has 3 rings (SSSR count). The van der Waals surface area contributed by atoms with Crippen LogP contribution in [0.4, 0.5) is 10.5 Å². The second-order valence-corrected chi connectivity index (χ2v) is 8.01. The number of hydrogen-bond donors (Lipinski definition) is 1. The van der Waals surface area contributed by atoms with Crippen LogP contribution in [-0.2, 0) is 9.59 Å². The lowest BCUT2D eigenvalue weighted by atomic mass is 10.1. The summed E-state index contributed by atoms with van der Waals surface area (Å²) < 4.78 is 21.0. The van der Waals surface area contributed by atoms with Crippen LogP contribution in [0.1, 0.15) is 5.56 Å². The van der Waals surface area contributed by atoms with Gasteiger partial charge in [0, 0.05) is 17.3 Å². The van der Waals surface area contributed by atoms with Crippen LogP contribution in [-0.4, -0.2) is 56.9 Å². The van der Waals surface area contributed by atoms with Gasteiger partial charge in [0.1, 0.15) is 18.0 Å². The van der Waals surface area contributed by atoms with Crippen molar-refractivity contribution in [2.24, 2.45) is 0 Å². The molecular formula is C22H21ClN2O7S. The monoisotopic (exact) mass is 492 g/mol. The largest absolute Gasteiger partial charge is 0.496 e. The van der Waals surface area contributed by atoms with Gasteiger partial charge in [0.15, 0.2) is 11.5 Å². The van der Waals surface area contributed by atoms with Crippen molar-refractivity contribution in [3.05, 3.63) is 45.8 Å². The molecule has 0 aliphatic carbocycles. The van der Waals surface area contributed by atoms with Gasteiger partial charge in [0.25, 0.3) is 11.1 Å². The van der Waals surface area contributed by atoms with Gasteiger partial charge >= 0.3 is 0 Å². The van der Waals surface area contributed by atoms with Crippen LogP contribution in [0.3, 0.4) is 0 Å². The molecule has 1 heterocycles. The first-order valence-corrected chi connectivity index (χ1v) is 10.7. The van der Waals surface area contributed by atoms with Crippen molar-refractivity contribution < 1.29 is 33.3 Å². The van der Waals surface area contributed by atoms with Gasteiger partial charge in [-0.1, -0.05) is 11.6 Å². The van der Waals surface area contributed by atoms with Crippen LogP contribution in [0.15, 0.2) is 35.2 Å². The molecule has 0 atom stereocenters. The number of halogens is 1. The third-order valence-corrected chi connectivity index (χ3v) is 5.84. The quantitative estimate of drug-likeness (QED) is 0.550. The van der Waals surface area contributed by atoms with Crippen molar-refractivity contribution in [2.45, 2.75) is 0 Å². The van der Waals surface area contributed by atoms with Crippen molar-refractivity contribution in [1.82, 2.24) is 4.90 Å². The molecule has 1 aliphatic heterocycles. The average molecular weight is 493 g/mol. The van der Waals surface area contributed by atoms with E-state index in [0.29, 0.717) is 39.3 Å². The van der Waals surface area contributed by atoms with Gasteiger partial charge < -0.3 is 24.3 Å². The molecular weight excluding hydrogens is 472 g/mol. The highest BCUT2D eigenvalue weighted by Crippen LogP contribution is 2.39. The lowest BCUT2D eigenvalue weighted by Crippen LogP contribution is -2.36. The Labute approximate surface area is 199 Å². The molecule has 0 bridgehead atoms. The fraction of sp³-hybridized carbons (Fsp3) is 0.227. The SMILES string of the molecule is COc1ccc(NC(=O)CN2C(=O)S/C(=C/c3cc(OC)c(OC)cc3OC)C2=O)cc1Cl. The molecule has 1 fully saturated rings. The maximum absolute atomic E-state index is 12.8. The Morgan fingerprint density at radius 2 is 1.61 bits per heavy atom. The molecule has 0 unspecified atom stereocenters. The maximum atomic E-state index is 12.8. The van der Waals surface area contributed by atoms with E-state index in [-0.39, 0.29) is 4.91 Å². The van der Waals surface area contributed by atoms with Crippen molar-refractivity contribution >= 4 is 52.2 Å². The topological polar surface area (TPSA) is 103 Å². The number of anilines is 1. The lowest BCUT2D eigenvalue weighted by Gasteiger charge is -2.13. The molecule has 33 heavy (non-hydrogen) atoms. The predicted molar refractivity (Wildman–Crippen MR) is 125 cm³/mol. The van der Waals surface area contributed by atoms with Crippen LogP contribution in [0.2, 0.25) is 5.02 Å². The van der Waals surface area contributed by atoms with Crippen molar-refractivity contribution in [1.29, 1.82) is 0 Å². The van der Waals surface area contributed by atoms with E-state index < -0.39 is 23.6 Å². The first kappa shape index (κ1) is 24.3. The van der Waals surface area contributed by atoms with Gasteiger partial charge in [-0.3, -0.25) is 19.3 Å². The highest BCUT2D eigenvalue weighted by Gasteiger charge is 2.36. The fourth-order valence-electron chi connectivity index (χ4n) is 3.03. The Kier molecular flexibility index (Phi) is 7.72. The Hall–Kier alpha value is -3.37. The average Bonchev–Trinajstić information content (AvgIpc) is 3.06. The molecule has 1 aliphatic rings. The molecule has 174 valence electrons. The number of nitrogens with one attached hydrogen (secondary N) is 1. The molecule has 0 aromatic heterocycles. The minimum atomic E-state index is -0.593. The minimum Gasteiger partial charge on any atom is -0.496 e. The minimum absolute atomic E-state index is 0.144. The Bertz CT molecular complexity index is 1140. The molecule has 0 radical (unpaired) electrons. The molecule has 9 nitrogen and oxygen atoms in total. The number of thioether (sulfide) groups is 1. The van der Waals surface area contributed by atoms with Crippen LogP contribution >= 0.6 is 23.4 Å². The molecule has 0 saturated carbocycles. The smallest absolute Gasteiger partial charge is 0.294 e. The van der Waals surface area contributed by atoms with E-state index in [2.05, 4.69) is 5.32 Å². The highest BCUT2D eigenvalue weighted by molar-refractivity contribution is 8.18. The Balaban J connectivity index is 1.77. The van der Waals surface area contributed by atoms with E-state index in [0.717, 1.165) is 16.7 Å². The van der Waals surface area contributed by atoms with Gasteiger partial charge in [-0.15, -0.1) is 0 Å². The second-order valence-electron chi connectivity index (χ2n) is 6.61. The number of rotatable bonds is 8. The molecule has 11 heteroatoms. The molecule has 2 aromatic rings. The molecule has 1 saturated heterocycles. The summed E-state index contributed by atoms with van der Waals surface area (Å²) in [7, 11) is 5.92. The maximum Gasteiger partial charge on any atom is 0.294 e. The highest BCUT2D eigenvalue weighted by atomic mass is 35.5. The number of amides is 3. The zero-order valence-corrected chi connectivity index (χ0v) is 19.8. The Morgan fingerprint density at radius 1 is 0.970 bits per heavy atom. The summed E-state index contributed by atoms with van der Waals surface area (Å²) in [6.07, 6.45) is 1.51. The van der Waals surface area contributed by atoms with Gasteiger partial charge in [0.2, 0.25) is 5.91 Å².